The molecule has 0 aliphatic rings. The number of hydrogen-bond acceptors (Lipinski definition) is 3. The second-order valence-corrected chi connectivity index (χ2v) is 7.52. The quantitative estimate of drug-likeness (QED) is 0.611. The molecule has 3 aromatic rings. The van der Waals surface area contributed by atoms with Gasteiger partial charge in [0.15, 0.2) is 0 Å². The number of rotatable bonds is 6. The number of hydrogen-bond donors (Lipinski definition) is 0. The van der Waals surface area contributed by atoms with E-state index in [0.29, 0.717) is 29.7 Å². The number of carbonyl (C=O) groups is 1. The van der Waals surface area contributed by atoms with Crippen molar-refractivity contribution in [3.05, 3.63) is 69.8 Å². The molecular formula is C24H29N3O2. The first kappa shape index (κ1) is 20.8. The molecule has 0 aliphatic carbocycles. The maximum atomic E-state index is 13.5. The maximum Gasteiger partial charge on any atom is 0.266 e. The summed E-state index contributed by atoms with van der Waals surface area (Å²) in [5, 5.41) is 0.575. The molecule has 0 spiro atoms. The van der Waals surface area contributed by atoms with Gasteiger partial charge < -0.3 is 4.90 Å². The molecule has 1 aromatic heterocycles. The molecule has 3 rings (SSSR count). The Morgan fingerprint density at radius 3 is 2.52 bits per heavy atom. The Balaban J connectivity index is 2.30. The highest BCUT2D eigenvalue weighted by molar-refractivity contribution is 5.79. The summed E-state index contributed by atoms with van der Waals surface area (Å²) in [5.74, 6) is 0.670. The molecule has 152 valence electrons. The number of amides is 1. The van der Waals surface area contributed by atoms with Gasteiger partial charge in [-0.3, -0.25) is 14.2 Å². The van der Waals surface area contributed by atoms with Gasteiger partial charge in [-0.15, -0.1) is 0 Å². The molecule has 1 amide bonds. The first-order valence-corrected chi connectivity index (χ1v) is 10.3. The molecule has 5 heteroatoms. The van der Waals surface area contributed by atoms with Crippen molar-refractivity contribution in [2.75, 3.05) is 6.54 Å². The van der Waals surface area contributed by atoms with Gasteiger partial charge in [-0.1, -0.05) is 36.8 Å². The number of para-hydroxylation sites is 1. The summed E-state index contributed by atoms with van der Waals surface area (Å²) in [6.45, 7) is 10.5. The lowest BCUT2D eigenvalue weighted by atomic mass is 10.1. The highest BCUT2D eigenvalue weighted by Crippen LogP contribution is 2.25. The van der Waals surface area contributed by atoms with Gasteiger partial charge in [0, 0.05) is 13.0 Å². The van der Waals surface area contributed by atoms with Crippen molar-refractivity contribution in [3.8, 4) is 5.69 Å². The van der Waals surface area contributed by atoms with Gasteiger partial charge in [-0.2, -0.15) is 0 Å². The Morgan fingerprint density at radius 1 is 1.14 bits per heavy atom. The van der Waals surface area contributed by atoms with Gasteiger partial charge in [0.2, 0.25) is 5.91 Å². The maximum absolute atomic E-state index is 13.5. The van der Waals surface area contributed by atoms with Crippen molar-refractivity contribution in [2.24, 2.45) is 0 Å². The largest absolute Gasteiger partial charge is 0.333 e. The Bertz CT molecular complexity index is 1100. The van der Waals surface area contributed by atoms with Crippen molar-refractivity contribution in [1.29, 1.82) is 0 Å². The normalized spacial score (nSPS) is 12.2. The van der Waals surface area contributed by atoms with Gasteiger partial charge in [-0.25, -0.2) is 4.98 Å². The van der Waals surface area contributed by atoms with Crippen LogP contribution < -0.4 is 5.56 Å². The monoisotopic (exact) mass is 391 g/mol. The van der Waals surface area contributed by atoms with E-state index >= 15 is 0 Å². The lowest BCUT2D eigenvalue weighted by Crippen LogP contribution is -2.37. The molecule has 0 aliphatic heterocycles. The molecule has 2 aromatic carbocycles. The summed E-state index contributed by atoms with van der Waals surface area (Å²) in [6, 6.07) is 13.1. The van der Waals surface area contributed by atoms with Gasteiger partial charge in [0.25, 0.3) is 5.56 Å². The number of aryl methyl sites for hydroxylation is 2. The van der Waals surface area contributed by atoms with E-state index in [0.717, 1.165) is 23.2 Å². The Hall–Kier alpha value is -2.95. The Morgan fingerprint density at radius 2 is 1.86 bits per heavy atom. The Labute approximate surface area is 172 Å². The fourth-order valence-corrected chi connectivity index (χ4v) is 3.88. The first-order valence-electron chi connectivity index (χ1n) is 10.3. The first-order chi connectivity index (χ1) is 13.9. The summed E-state index contributed by atoms with van der Waals surface area (Å²) in [6.07, 6.45) is 1.27. The van der Waals surface area contributed by atoms with Crippen LogP contribution in [0.5, 0.6) is 0 Å². The molecular weight excluding hydrogens is 362 g/mol. The van der Waals surface area contributed by atoms with Crippen LogP contribution in [0, 0.1) is 13.8 Å². The van der Waals surface area contributed by atoms with Crippen LogP contribution in [0.4, 0.5) is 0 Å². The van der Waals surface area contributed by atoms with E-state index < -0.39 is 0 Å². The van der Waals surface area contributed by atoms with Crippen molar-refractivity contribution in [2.45, 2.75) is 53.5 Å². The average Bonchev–Trinajstić information content (AvgIpc) is 2.69. The third kappa shape index (κ3) is 3.95. The van der Waals surface area contributed by atoms with Crippen LogP contribution in [0.3, 0.4) is 0 Å². The zero-order valence-electron chi connectivity index (χ0n) is 17.9. The van der Waals surface area contributed by atoms with Crippen LogP contribution in [0.1, 0.15) is 56.6 Å². The highest BCUT2D eigenvalue weighted by Gasteiger charge is 2.25. The number of carbonyl (C=O) groups excluding carboxylic acids is 1. The van der Waals surface area contributed by atoms with E-state index in [1.807, 2.05) is 65.0 Å². The highest BCUT2D eigenvalue weighted by atomic mass is 16.2. The van der Waals surface area contributed by atoms with Crippen molar-refractivity contribution in [1.82, 2.24) is 14.5 Å². The van der Waals surface area contributed by atoms with E-state index in [9.17, 15) is 9.59 Å². The predicted octanol–water partition coefficient (Wildman–Crippen LogP) is 4.71. The lowest BCUT2D eigenvalue weighted by Gasteiger charge is -2.30. The third-order valence-corrected chi connectivity index (χ3v) is 5.36. The molecule has 0 bridgehead atoms. The Kier molecular flexibility index (Phi) is 6.16. The minimum absolute atomic E-state index is 0.0806. The van der Waals surface area contributed by atoms with Crippen molar-refractivity contribution in [3.63, 3.8) is 0 Å². The molecule has 0 fully saturated rings. The predicted molar refractivity (Wildman–Crippen MR) is 118 cm³/mol. The van der Waals surface area contributed by atoms with Crippen LogP contribution in [-0.4, -0.2) is 26.9 Å². The van der Waals surface area contributed by atoms with Crippen molar-refractivity contribution >= 4 is 16.8 Å². The summed E-state index contributed by atoms with van der Waals surface area (Å²) < 4.78 is 1.68. The summed E-state index contributed by atoms with van der Waals surface area (Å²) in [5.41, 5.74) is 3.49. The van der Waals surface area contributed by atoms with E-state index in [1.165, 1.54) is 0 Å². The number of fused-ring (bicyclic) bond motifs is 1. The van der Waals surface area contributed by atoms with Gasteiger partial charge in [0.05, 0.1) is 22.6 Å². The number of nitrogens with zero attached hydrogens (tertiary/aromatic N) is 3. The second kappa shape index (κ2) is 8.60. The zero-order valence-corrected chi connectivity index (χ0v) is 17.9. The zero-order chi connectivity index (χ0) is 21.1. The SMILES string of the molecule is CCCC(=O)N(CC)C(C)c1nc2ccccc2c(=O)n1-c1ccc(C)cc1C. The van der Waals surface area contributed by atoms with E-state index in [4.69, 9.17) is 4.98 Å². The fraction of sp³-hybridized carbons (Fsp3) is 0.375. The minimum Gasteiger partial charge on any atom is -0.333 e. The molecule has 5 nitrogen and oxygen atoms in total. The van der Waals surface area contributed by atoms with Crippen LogP contribution in [0.15, 0.2) is 47.3 Å². The molecule has 0 saturated heterocycles. The second-order valence-electron chi connectivity index (χ2n) is 7.52. The molecule has 1 heterocycles. The van der Waals surface area contributed by atoms with Crippen LogP contribution in [0.2, 0.25) is 0 Å². The number of benzene rings is 2. The van der Waals surface area contributed by atoms with Gasteiger partial charge in [-0.05, 0) is 57.9 Å². The van der Waals surface area contributed by atoms with Crippen LogP contribution in [-0.2, 0) is 4.79 Å². The molecule has 0 N–H and O–H groups in total. The van der Waals surface area contributed by atoms with Crippen LogP contribution >= 0.6 is 0 Å². The standard InChI is InChI=1S/C24H29N3O2/c1-6-10-22(28)26(7-2)18(5)23-25-20-12-9-8-11-19(20)24(29)27(23)21-14-13-16(3)15-17(21)4/h8-9,11-15,18H,6-7,10H2,1-5H3. The third-order valence-electron chi connectivity index (χ3n) is 5.36. The van der Waals surface area contributed by atoms with Gasteiger partial charge >= 0.3 is 0 Å². The average molecular weight is 392 g/mol. The lowest BCUT2D eigenvalue weighted by molar-refractivity contribution is -0.133. The van der Waals surface area contributed by atoms with E-state index in [-0.39, 0.29) is 17.5 Å². The van der Waals surface area contributed by atoms with Crippen LogP contribution in [0.25, 0.3) is 16.6 Å². The summed E-state index contributed by atoms with van der Waals surface area (Å²) in [4.78, 5) is 32.9. The fourth-order valence-electron chi connectivity index (χ4n) is 3.88. The topological polar surface area (TPSA) is 55.2 Å². The van der Waals surface area contributed by atoms with E-state index in [1.54, 1.807) is 15.5 Å². The minimum atomic E-state index is -0.322. The molecule has 0 saturated carbocycles. The summed E-state index contributed by atoms with van der Waals surface area (Å²) >= 11 is 0. The molecule has 0 radical (unpaired) electrons. The summed E-state index contributed by atoms with van der Waals surface area (Å²) in [7, 11) is 0. The molecule has 1 unspecified atom stereocenters. The molecule has 29 heavy (non-hydrogen) atoms. The molecule has 1 atom stereocenters. The smallest absolute Gasteiger partial charge is 0.266 e. The van der Waals surface area contributed by atoms with E-state index in [2.05, 4.69) is 6.07 Å². The number of aromatic nitrogens is 2. The van der Waals surface area contributed by atoms with Crippen molar-refractivity contribution < 1.29 is 4.79 Å². The van der Waals surface area contributed by atoms with Gasteiger partial charge in [0.1, 0.15) is 5.82 Å².